The molecule has 1 N–H and O–H groups in total. The number of nitrogens with zero attached hydrogens (tertiary/aromatic N) is 3. The van der Waals surface area contributed by atoms with Gasteiger partial charge in [-0.25, -0.2) is 13.4 Å². The van der Waals surface area contributed by atoms with Crippen molar-refractivity contribution in [2.45, 2.75) is 18.4 Å². The fraction of sp³-hybridized carbons (Fsp3) is 0.235. The van der Waals surface area contributed by atoms with Crippen molar-refractivity contribution in [1.82, 2.24) is 19.5 Å². The van der Waals surface area contributed by atoms with E-state index in [1.165, 1.54) is 23.3 Å². The van der Waals surface area contributed by atoms with Crippen LogP contribution in [0.25, 0.3) is 11.5 Å². The summed E-state index contributed by atoms with van der Waals surface area (Å²) < 4.78 is 37.9. The third-order valence-corrected chi connectivity index (χ3v) is 4.99. The van der Waals surface area contributed by atoms with Crippen molar-refractivity contribution in [2.24, 2.45) is 7.05 Å². The van der Waals surface area contributed by atoms with E-state index in [1.807, 2.05) is 31.2 Å². The van der Waals surface area contributed by atoms with Crippen molar-refractivity contribution in [1.29, 1.82) is 0 Å². The minimum atomic E-state index is -3.82. The van der Waals surface area contributed by atoms with E-state index in [-0.39, 0.29) is 11.5 Å². The molecule has 3 rings (SSSR count). The highest BCUT2D eigenvalue weighted by Gasteiger charge is 2.18. The zero-order valence-electron chi connectivity index (χ0n) is 14.7. The number of carbonyl (C=O) groups is 1. The fourth-order valence-electron chi connectivity index (χ4n) is 2.18. The molecule has 0 spiro atoms. The molecular weight excluding hydrogens is 372 g/mol. The molecule has 0 amide bonds. The molecule has 0 atom stereocenters. The second-order valence-electron chi connectivity index (χ2n) is 5.84. The van der Waals surface area contributed by atoms with Gasteiger partial charge in [-0.15, -0.1) is 0 Å². The van der Waals surface area contributed by atoms with Crippen LogP contribution in [0.1, 0.15) is 11.3 Å². The highest BCUT2D eigenvalue weighted by molar-refractivity contribution is 7.89. The van der Waals surface area contributed by atoms with Crippen molar-refractivity contribution >= 4 is 16.0 Å². The number of benzene rings is 1. The maximum absolute atomic E-state index is 12.0. The second kappa shape index (κ2) is 7.72. The van der Waals surface area contributed by atoms with E-state index in [0.29, 0.717) is 11.6 Å². The van der Waals surface area contributed by atoms with Crippen LogP contribution in [0.5, 0.6) is 0 Å². The van der Waals surface area contributed by atoms with E-state index < -0.39 is 22.5 Å². The van der Waals surface area contributed by atoms with Gasteiger partial charge in [-0.05, 0) is 19.1 Å². The van der Waals surface area contributed by atoms with Crippen LogP contribution in [0.2, 0.25) is 0 Å². The quantitative estimate of drug-likeness (QED) is 0.606. The van der Waals surface area contributed by atoms with Gasteiger partial charge in [0.05, 0.1) is 6.20 Å². The summed E-state index contributed by atoms with van der Waals surface area (Å²) in [5.74, 6) is -0.319. The summed E-state index contributed by atoms with van der Waals surface area (Å²) in [5.41, 5.74) is 2.35. The average molecular weight is 390 g/mol. The minimum absolute atomic E-state index is 0.0305. The second-order valence-corrected chi connectivity index (χ2v) is 7.61. The van der Waals surface area contributed by atoms with Gasteiger partial charge >= 0.3 is 5.97 Å². The van der Waals surface area contributed by atoms with E-state index in [4.69, 9.17) is 9.15 Å². The molecule has 0 bridgehead atoms. The number of esters is 1. The smallest absolute Gasteiger partial charge is 0.321 e. The monoisotopic (exact) mass is 390 g/mol. The molecule has 3 aromatic rings. The molecule has 0 saturated carbocycles. The van der Waals surface area contributed by atoms with Crippen LogP contribution >= 0.6 is 0 Å². The number of sulfonamides is 1. The Morgan fingerprint density at radius 1 is 1.30 bits per heavy atom. The van der Waals surface area contributed by atoms with E-state index in [9.17, 15) is 13.2 Å². The summed E-state index contributed by atoms with van der Waals surface area (Å²) in [6.45, 7) is 1.36. The van der Waals surface area contributed by atoms with E-state index in [1.54, 1.807) is 7.05 Å². The van der Waals surface area contributed by atoms with Crippen LogP contribution in [0.3, 0.4) is 0 Å². The molecule has 27 heavy (non-hydrogen) atoms. The Labute approximate surface area is 156 Å². The minimum Gasteiger partial charge on any atom is -0.458 e. The lowest BCUT2D eigenvalue weighted by molar-refractivity contribution is -0.143. The molecule has 9 nitrogen and oxygen atoms in total. The van der Waals surface area contributed by atoms with Crippen LogP contribution in [0.15, 0.2) is 52.2 Å². The highest BCUT2D eigenvalue weighted by atomic mass is 32.2. The number of hydrogen-bond donors (Lipinski definition) is 1. The van der Waals surface area contributed by atoms with Gasteiger partial charge in [-0.1, -0.05) is 17.7 Å². The fourth-order valence-corrected chi connectivity index (χ4v) is 3.13. The van der Waals surface area contributed by atoms with Gasteiger partial charge in [0.25, 0.3) is 0 Å². The van der Waals surface area contributed by atoms with Crippen LogP contribution < -0.4 is 4.72 Å². The normalized spacial score (nSPS) is 11.5. The highest BCUT2D eigenvalue weighted by Crippen LogP contribution is 2.19. The van der Waals surface area contributed by atoms with Crippen LogP contribution in [-0.4, -0.2) is 35.7 Å². The lowest BCUT2D eigenvalue weighted by Gasteiger charge is -2.04. The summed E-state index contributed by atoms with van der Waals surface area (Å²) in [6, 6.07) is 7.63. The van der Waals surface area contributed by atoms with Gasteiger partial charge in [-0.2, -0.15) is 9.82 Å². The summed E-state index contributed by atoms with van der Waals surface area (Å²) in [5, 5.41) is 3.78. The molecule has 2 aromatic heterocycles. The first kappa shape index (κ1) is 18.8. The Balaban J connectivity index is 1.51. The van der Waals surface area contributed by atoms with Gasteiger partial charge in [0, 0.05) is 18.8 Å². The van der Waals surface area contributed by atoms with Crippen molar-refractivity contribution < 1.29 is 22.4 Å². The summed E-state index contributed by atoms with van der Waals surface area (Å²) >= 11 is 0. The van der Waals surface area contributed by atoms with Crippen molar-refractivity contribution in [2.75, 3.05) is 6.54 Å². The van der Waals surface area contributed by atoms with Gasteiger partial charge in [0.2, 0.25) is 15.9 Å². The number of carbonyl (C=O) groups excluding carboxylic acids is 1. The number of oxazole rings is 1. The molecule has 0 aliphatic rings. The Bertz CT molecular complexity index is 1040. The summed E-state index contributed by atoms with van der Waals surface area (Å²) in [7, 11) is -2.23. The predicted octanol–water partition coefficient (Wildman–Crippen LogP) is 1.41. The maximum atomic E-state index is 12.0. The molecule has 1 aromatic carbocycles. The lowest BCUT2D eigenvalue weighted by Crippen LogP contribution is -2.30. The van der Waals surface area contributed by atoms with Crippen LogP contribution in [0.4, 0.5) is 0 Å². The van der Waals surface area contributed by atoms with Gasteiger partial charge in [0.15, 0.2) is 0 Å². The Kier molecular flexibility index (Phi) is 5.38. The van der Waals surface area contributed by atoms with Crippen molar-refractivity contribution in [3.05, 3.63) is 54.2 Å². The Morgan fingerprint density at radius 2 is 2.04 bits per heavy atom. The number of ether oxygens (including phenoxy) is 1. The van der Waals surface area contributed by atoms with Crippen molar-refractivity contribution in [3.8, 4) is 11.5 Å². The first-order valence-corrected chi connectivity index (χ1v) is 9.47. The number of aromatic nitrogens is 3. The standard InChI is InChI=1S/C17H18N4O5S/c1-12-3-5-13(6-4-12)17-20-14(11-26-17)10-25-16(22)8-19-27(23,24)15-7-18-21(2)9-15/h3-7,9,11,19H,8,10H2,1-2H3. The maximum Gasteiger partial charge on any atom is 0.321 e. The molecule has 10 heteroatoms. The summed E-state index contributed by atoms with van der Waals surface area (Å²) in [4.78, 5) is 16.0. The SMILES string of the molecule is Cc1ccc(-c2nc(COC(=O)CNS(=O)(=O)c3cnn(C)c3)co2)cc1. The number of hydrogen-bond acceptors (Lipinski definition) is 7. The molecule has 142 valence electrons. The number of rotatable bonds is 7. The first-order valence-electron chi connectivity index (χ1n) is 7.99. The third-order valence-electron chi connectivity index (χ3n) is 3.63. The third kappa shape index (κ3) is 4.80. The number of nitrogens with one attached hydrogen (secondary N) is 1. The topological polar surface area (TPSA) is 116 Å². The predicted molar refractivity (Wildman–Crippen MR) is 94.9 cm³/mol. The zero-order valence-corrected chi connectivity index (χ0v) is 15.6. The molecule has 0 aliphatic carbocycles. The van der Waals surface area contributed by atoms with Crippen LogP contribution in [-0.2, 0) is 33.2 Å². The van der Waals surface area contributed by atoms with E-state index >= 15 is 0 Å². The Hall–Kier alpha value is -2.98. The zero-order chi connectivity index (χ0) is 19.4. The molecular formula is C17H18N4O5S. The average Bonchev–Trinajstić information content (AvgIpc) is 3.28. The molecule has 0 radical (unpaired) electrons. The Morgan fingerprint density at radius 3 is 2.70 bits per heavy atom. The van der Waals surface area contributed by atoms with Crippen LogP contribution in [0, 0.1) is 6.92 Å². The van der Waals surface area contributed by atoms with Gasteiger partial charge in [-0.3, -0.25) is 9.48 Å². The summed E-state index contributed by atoms with van der Waals surface area (Å²) in [6.07, 6.45) is 3.91. The molecule has 2 heterocycles. The molecule has 0 fully saturated rings. The van der Waals surface area contributed by atoms with E-state index in [0.717, 1.165) is 11.1 Å². The first-order chi connectivity index (χ1) is 12.8. The van der Waals surface area contributed by atoms with Gasteiger partial charge in [0.1, 0.15) is 30.0 Å². The van der Waals surface area contributed by atoms with Gasteiger partial charge < -0.3 is 9.15 Å². The van der Waals surface area contributed by atoms with E-state index in [2.05, 4.69) is 14.8 Å². The lowest BCUT2D eigenvalue weighted by atomic mass is 10.1. The number of aryl methyl sites for hydroxylation is 2. The molecule has 0 unspecified atom stereocenters. The largest absolute Gasteiger partial charge is 0.458 e. The van der Waals surface area contributed by atoms with Crippen molar-refractivity contribution in [3.63, 3.8) is 0 Å². The molecule has 0 aliphatic heterocycles. The molecule has 0 saturated heterocycles.